The molecule has 0 aromatic heterocycles. The molecule has 0 aromatic rings. The van der Waals surface area contributed by atoms with Crippen LogP contribution in [0.4, 0.5) is 0 Å². The van der Waals surface area contributed by atoms with Gasteiger partial charge in [-0.15, -0.1) is 0 Å². The van der Waals surface area contributed by atoms with Gasteiger partial charge in [-0.2, -0.15) is 0 Å². The minimum atomic E-state index is 0. The third-order valence-corrected chi connectivity index (χ3v) is 3.00. The second-order valence-corrected chi connectivity index (χ2v) is 3.75. The molecule has 2 rings (SSSR count). The first-order valence-corrected chi connectivity index (χ1v) is 4.14. The molecule has 2 atom stereocenters. The van der Waals surface area contributed by atoms with E-state index in [-0.39, 0.29) is 7.43 Å². The predicted octanol–water partition coefficient (Wildman–Crippen LogP) is 3.55. The van der Waals surface area contributed by atoms with Gasteiger partial charge in [0, 0.05) is 0 Å². The quantitative estimate of drug-likeness (QED) is 0.463. The molecule has 0 bridgehead atoms. The third kappa shape index (κ3) is 1.26. The maximum atomic E-state index is 2.40. The van der Waals surface area contributed by atoms with E-state index in [1.54, 1.807) is 0 Å². The van der Waals surface area contributed by atoms with Crippen molar-refractivity contribution in [3.05, 3.63) is 24.3 Å². The van der Waals surface area contributed by atoms with Crippen LogP contribution in [0.5, 0.6) is 0 Å². The Bertz CT molecular complexity index is 188. The van der Waals surface area contributed by atoms with Gasteiger partial charge in [0.1, 0.15) is 0 Å². The lowest BCUT2D eigenvalue weighted by molar-refractivity contribution is 0.271. The van der Waals surface area contributed by atoms with Crippen LogP contribution in [-0.4, -0.2) is 0 Å². The SMILES string of the molecule is C.CC12C=CCC1CC=CC2. The monoisotopic (exact) mass is 150 g/mol. The van der Waals surface area contributed by atoms with E-state index in [2.05, 4.69) is 31.2 Å². The van der Waals surface area contributed by atoms with Crippen molar-refractivity contribution in [2.24, 2.45) is 11.3 Å². The average molecular weight is 150 g/mol. The van der Waals surface area contributed by atoms with Crippen molar-refractivity contribution in [1.29, 1.82) is 0 Å². The molecule has 62 valence electrons. The predicted molar refractivity (Wildman–Crippen MR) is 50.5 cm³/mol. The van der Waals surface area contributed by atoms with E-state index in [0.717, 1.165) is 5.92 Å². The zero-order valence-corrected chi connectivity index (χ0v) is 6.51. The molecule has 0 spiro atoms. The fourth-order valence-corrected chi connectivity index (χ4v) is 2.10. The first-order chi connectivity index (χ1) is 4.81. The molecule has 0 N–H and O–H groups in total. The molecule has 2 aliphatic rings. The molecular formula is C11H18. The Morgan fingerprint density at radius 2 is 1.91 bits per heavy atom. The molecule has 0 saturated heterocycles. The summed E-state index contributed by atoms with van der Waals surface area (Å²) in [5, 5.41) is 0. The van der Waals surface area contributed by atoms with E-state index < -0.39 is 0 Å². The summed E-state index contributed by atoms with van der Waals surface area (Å²) in [6, 6.07) is 0. The molecule has 0 heterocycles. The van der Waals surface area contributed by atoms with Gasteiger partial charge in [0.25, 0.3) is 0 Å². The lowest BCUT2D eigenvalue weighted by Crippen LogP contribution is -2.22. The summed E-state index contributed by atoms with van der Waals surface area (Å²) in [6.07, 6.45) is 13.3. The Hall–Kier alpha value is -0.520. The summed E-state index contributed by atoms with van der Waals surface area (Å²) >= 11 is 0. The van der Waals surface area contributed by atoms with Gasteiger partial charge in [-0.25, -0.2) is 0 Å². The van der Waals surface area contributed by atoms with Crippen molar-refractivity contribution in [3.63, 3.8) is 0 Å². The minimum absolute atomic E-state index is 0. The van der Waals surface area contributed by atoms with E-state index in [9.17, 15) is 0 Å². The largest absolute Gasteiger partial charge is 0.0882 e. The lowest BCUT2D eigenvalue weighted by atomic mass is 9.73. The Morgan fingerprint density at radius 1 is 1.18 bits per heavy atom. The van der Waals surface area contributed by atoms with Gasteiger partial charge in [0.05, 0.1) is 0 Å². The Labute approximate surface area is 70.0 Å². The fourth-order valence-electron chi connectivity index (χ4n) is 2.10. The second kappa shape index (κ2) is 2.84. The summed E-state index contributed by atoms with van der Waals surface area (Å²) in [4.78, 5) is 0. The van der Waals surface area contributed by atoms with Crippen molar-refractivity contribution in [2.45, 2.75) is 33.6 Å². The molecule has 0 heteroatoms. The van der Waals surface area contributed by atoms with Crippen molar-refractivity contribution < 1.29 is 0 Å². The standard InChI is InChI=1S/C10H14.CH4/c1-10-7-3-2-5-9(10)6-4-8-10;/h2-4,8-9H,5-7H2,1H3;1H4. The van der Waals surface area contributed by atoms with Crippen LogP contribution in [0.3, 0.4) is 0 Å². The molecule has 0 radical (unpaired) electrons. The smallest absolute Gasteiger partial charge is 0.00779 e. The maximum Gasteiger partial charge on any atom is -0.00779 e. The Balaban J connectivity index is 0.000000605. The number of hydrogen-bond donors (Lipinski definition) is 0. The number of hydrogen-bond acceptors (Lipinski definition) is 0. The van der Waals surface area contributed by atoms with Crippen LogP contribution in [0.15, 0.2) is 24.3 Å². The van der Waals surface area contributed by atoms with Crippen LogP contribution in [0.1, 0.15) is 33.6 Å². The first-order valence-electron chi connectivity index (χ1n) is 4.14. The Kier molecular flexibility index (Phi) is 2.22. The van der Waals surface area contributed by atoms with Gasteiger partial charge in [0.15, 0.2) is 0 Å². The number of allylic oxidation sites excluding steroid dienone is 4. The molecule has 0 aliphatic heterocycles. The van der Waals surface area contributed by atoms with Crippen molar-refractivity contribution >= 4 is 0 Å². The van der Waals surface area contributed by atoms with Crippen molar-refractivity contribution in [2.75, 3.05) is 0 Å². The van der Waals surface area contributed by atoms with E-state index in [1.807, 2.05) is 0 Å². The molecule has 0 fully saturated rings. The highest BCUT2D eigenvalue weighted by atomic mass is 14.4. The zero-order valence-electron chi connectivity index (χ0n) is 6.51. The number of rotatable bonds is 0. The zero-order chi connectivity index (χ0) is 7.03. The molecule has 2 aliphatic carbocycles. The summed E-state index contributed by atoms with van der Waals surface area (Å²) in [7, 11) is 0. The van der Waals surface area contributed by atoms with Crippen LogP contribution in [0, 0.1) is 11.3 Å². The van der Waals surface area contributed by atoms with Gasteiger partial charge in [-0.1, -0.05) is 38.7 Å². The van der Waals surface area contributed by atoms with Crippen LogP contribution in [-0.2, 0) is 0 Å². The van der Waals surface area contributed by atoms with Crippen LogP contribution in [0.25, 0.3) is 0 Å². The van der Waals surface area contributed by atoms with Crippen LogP contribution < -0.4 is 0 Å². The van der Waals surface area contributed by atoms with Gasteiger partial charge in [-0.05, 0) is 30.6 Å². The van der Waals surface area contributed by atoms with Gasteiger partial charge >= 0.3 is 0 Å². The topological polar surface area (TPSA) is 0 Å². The van der Waals surface area contributed by atoms with Crippen LogP contribution >= 0.6 is 0 Å². The summed E-state index contributed by atoms with van der Waals surface area (Å²) in [5.41, 5.74) is 0.523. The summed E-state index contributed by atoms with van der Waals surface area (Å²) in [5.74, 6) is 0.914. The van der Waals surface area contributed by atoms with Gasteiger partial charge in [-0.3, -0.25) is 0 Å². The molecule has 2 unspecified atom stereocenters. The lowest BCUT2D eigenvalue weighted by Gasteiger charge is -2.31. The maximum absolute atomic E-state index is 2.40. The molecule has 0 aromatic carbocycles. The molecule has 0 amide bonds. The van der Waals surface area contributed by atoms with E-state index in [0.29, 0.717) is 5.41 Å². The van der Waals surface area contributed by atoms with Crippen molar-refractivity contribution in [3.8, 4) is 0 Å². The molecule has 11 heavy (non-hydrogen) atoms. The highest BCUT2D eigenvalue weighted by molar-refractivity contribution is 5.15. The van der Waals surface area contributed by atoms with E-state index in [1.165, 1.54) is 19.3 Å². The Morgan fingerprint density at radius 3 is 2.64 bits per heavy atom. The van der Waals surface area contributed by atoms with Crippen molar-refractivity contribution in [1.82, 2.24) is 0 Å². The fraction of sp³-hybridized carbons (Fsp3) is 0.636. The van der Waals surface area contributed by atoms with E-state index >= 15 is 0 Å². The number of fused-ring (bicyclic) bond motifs is 1. The molecular weight excluding hydrogens is 132 g/mol. The van der Waals surface area contributed by atoms with E-state index in [4.69, 9.17) is 0 Å². The summed E-state index contributed by atoms with van der Waals surface area (Å²) < 4.78 is 0. The second-order valence-electron chi connectivity index (χ2n) is 3.75. The first kappa shape index (κ1) is 8.58. The van der Waals surface area contributed by atoms with Gasteiger partial charge < -0.3 is 0 Å². The highest BCUT2D eigenvalue weighted by Crippen LogP contribution is 2.45. The average Bonchev–Trinajstić information content (AvgIpc) is 2.29. The molecule has 0 nitrogen and oxygen atoms in total. The molecule has 0 saturated carbocycles. The van der Waals surface area contributed by atoms with Gasteiger partial charge in [0.2, 0.25) is 0 Å². The highest BCUT2D eigenvalue weighted by Gasteiger charge is 2.34. The minimum Gasteiger partial charge on any atom is -0.0882 e. The normalized spacial score (nSPS) is 39.9. The van der Waals surface area contributed by atoms with Crippen LogP contribution in [0.2, 0.25) is 0 Å². The third-order valence-electron chi connectivity index (χ3n) is 3.00. The summed E-state index contributed by atoms with van der Waals surface area (Å²) in [6.45, 7) is 2.38.